The van der Waals surface area contributed by atoms with Gasteiger partial charge in [-0.15, -0.1) is 0 Å². The van der Waals surface area contributed by atoms with Crippen LogP contribution in [-0.2, 0) is 0 Å². The van der Waals surface area contributed by atoms with Gasteiger partial charge < -0.3 is 10.2 Å². The van der Waals surface area contributed by atoms with Gasteiger partial charge in [-0.3, -0.25) is 0 Å². The molecule has 0 saturated carbocycles. The van der Waals surface area contributed by atoms with E-state index in [1.807, 2.05) is 0 Å². The van der Waals surface area contributed by atoms with Gasteiger partial charge in [0.25, 0.3) is 0 Å². The van der Waals surface area contributed by atoms with E-state index in [4.69, 9.17) is 0 Å². The van der Waals surface area contributed by atoms with E-state index in [-0.39, 0.29) is 0 Å². The lowest BCUT2D eigenvalue weighted by Crippen LogP contribution is -2.43. The molecule has 0 aliphatic carbocycles. The Kier molecular flexibility index (Phi) is 8.89. The highest BCUT2D eigenvalue weighted by Gasteiger charge is 2.23. The zero-order chi connectivity index (χ0) is 13.3. The second-order valence-electron chi connectivity index (χ2n) is 6.11. The summed E-state index contributed by atoms with van der Waals surface area (Å²) in [5.74, 6) is 0. The fraction of sp³-hybridized carbons (Fsp3) is 1.00. The first-order valence-corrected chi connectivity index (χ1v) is 7.41. The summed E-state index contributed by atoms with van der Waals surface area (Å²) in [5.41, 5.74) is 0.361. The zero-order valence-corrected chi connectivity index (χ0v) is 13.0. The summed E-state index contributed by atoms with van der Waals surface area (Å²) in [6.07, 6.45) is 3.79. The Hall–Kier alpha value is -0.0800. The van der Waals surface area contributed by atoms with Gasteiger partial charge >= 0.3 is 0 Å². The van der Waals surface area contributed by atoms with Crippen LogP contribution in [0.5, 0.6) is 0 Å². The van der Waals surface area contributed by atoms with Crippen LogP contribution < -0.4 is 5.32 Å². The Balaban J connectivity index is 4.16. The molecule has 2 heteroatoms. The normalized spacial score (nSPS) is 14.3. The van der Waals surface area contributed by atoms with Gasteiger partial charge in [0.05, 0.1) is 0 Å². The number of hydrogen-bond acceptors (Lipinski definition) is 2. The largest absolute Gasteiger partial charge is 0.314 e. The molecule has 17 heavy (non-hydrogen) atoms. The molecule has 0 amide bonds. The third-order valence-corrected chi connectivity index (χ3v) is 3.31. The lowest BCUT2D eigenvalue weighted by Gasteiger charge is -2.33. The molecule has 0 rings (SSSR count). The van der Waals surface area contributed by atoms with Crippen molar-refractivity contribution in [3.05, 3.63) is 0 Å². The summed E-state index contributed by atoms with van der Waals surface area (Å²) >= 11 is 0. The van der Waals surface area contributed by atoms with E-state index in [0.717, 1.165) is 6.54 Å². The Morgan fingerprint density at radius 2 is 1.47 bits per heavy atom. The molecule has 104 valence electrons. The smallest absolute Gasteiger partial charge is 0.0128 e. The summed E-state index contributed by atoms with van der Waals surface area (Å²) < 4.78 is 0. The SMILES string of the molecule is CCCN(CCC)CCC(NCC)C(C)(C)C. The fourth-order valence-corrected chi connectivity index (χ4v) is 2.37. The van der Waals surface area contributed by atoms with E-state index in [2.05, 4.69) is 51.8 Å². The summed E-state index contributed by atoms with van der Waals surface area (Å²) in [6, 6.07) is 0.628. The van der Waals surface area contributed by atoms with Crippen molar-refractivity contribution in [2.75, 3.05) is 26.2 Å². The molecule has 0 aromatic heterocycles. The van der Waals surface area contributed by atoms with E-state index in [0.29, 0.717) is 11.5 Å². The second kappa shape index (κ2) is 8.93. The molecule has 0 bridgehead atoms. The molecule has 1 N–H and O–H groups in total. The van der Waals surface area contributed by atoms with Crippen molar-refractivity contribution in [1.29, 1.82) is 0 Å². The monoisotopic (exact) mass is 242 g/mol. The third-order valence-electron chi connectivity index (χ3n) is 3.31. The molecular formula is C15H34N2. The Bertz CT molecular complexity index is 166. The first kappa shape index (κ1) is 16.9. The maximum Gasteiger partial charge on any atom is 0.0128 e. The van der Waals surface area contributed by atoms with Crippen molar-refractivity contribution in [3.63, 3.8) is 0 Å². The Morgan fingerprint density at radius 1 is 0.941 bits per heavy atom. The van der Waals surface area contributed by atoms with Crippen LogP contribution >= 0.6 is 0 Å². The standard InChI is InChI=1S/C15H34N2/c1-7-11-17(12-8-2)13-10-14(16-9-3)15(4,5)6/h14,16H,7-13H2,1-6H3. The quantitative estimate of drug-likeness (QED) is 0.665. The van der Waals surface area contributed by atoms with Crippen molar-refractivity contribution in [2.24, 2.45) is 5.41 Å². The van der Waals surface area contributed by atoms with Gasteiger partial charge in [0.2, 0.25) is 0 Å². The molecule has 0 aliphatic heterocycles. The van der Waals surface area contributed by atoms with Gasteiger partial charge in [0, 0.05) is 6.04 Å². The van der Waals surface area contributed by atoms with Crippen molar-refractivity contribution in [2.45, 2.75) is 66.8 Å². The van der Waals surface area contributed by atoms with E-state index in [1.54, 1.807) is 0 Å². The van der Waals surface area contributed by atoms with Gasteiger partial charge in [-0.05, 0) is 50.9 Å². The van der Waals surface area contributed by atoms with Gasteiger partial charge in [-0.2, -0.15) is 0 Å². The first-order chi connectivity index (χ1) is 7.95. The van der Waals surface area contributed by atoms with Crippen LogP contribution in [0.15, 0.2) is 0 Å². The molecule has 0 radical (unpaired) electrons. The van der Waals surface area contributed by atoms with Crippen molar-refractivity contribution < 1.29 is 0 Å². The van der Waals surface area contributed by atoms with E-state index in [1.165, 1.54) is 38.9 Å². The third kappa shape index (κ3) is 7.77. The molecule has 0 fully saturated rings. The summed E-state index contributed by atoms with van der Waals surface area (Å²) in [6.45, 7) is 18.6. The van der Waals surface area contributed by atoms with E-state index < -0.39 is 0 Å². The molecular weight excluding hydrogens is 208 g/mol. The molecule has 0 spiro atoms. The number of nitrogens with one attached hydrogen (secondary N) is 1. The molecule has 0 aromatic carbocycles. The first-order valence-electron chi connectivity index (χ1n) is 7.41. The maximum atomic E-state index is 3.64. The minimum absolute atomic E-state index is 0.361. The predicted octanol–water partition coefficient (Wildman–Crippen LogP) is 3.52. The van der Waals surface area contributed by atoms with Crippen LogP contribution in [-0.4, -0.2) is 37.1 Å². The summed E-state index contributed by atoms with van der Waals surface area (Å²) in [4.78, 5) is 2.61. The lowest BCUT2D eigenvalue weighted by atomic mass is 9.84. The summed E-state index contributed by atoms with van der Waals surface area (Å²) in [7, 11) is 0. The molecule has 1 atom stereocenters. The van der Waals surface area contributed by atoms with Crippen LogP contribution in [0.4, 0.5) is 0 Å². The predicted molar refractivity (Wildman–Crippen MR) is 78.6 cm³/mol. The van der Waals surface area contributed by atoms with Gasteiger partial charge in [-0.25, -0.2) is 0 Å². The zero-order valence-electron chi connectivity index (χ0n) is 13.0. The topological polar surface area (TPSA) is 15.3 Å². The minimum atomic E-state index is 0.361. The minimum Gasteiger partial charge on any atom is -0.314 e. The second-order valence-corrected chi connectivity index (χ2v) is 6.11. The van der Waals surface area contributed by atoms with Crippen LogP contribution in [0.3, 0.4) is 0 Å². The molecule has 0 aromatic rings. The Labute approximate surface area is 109 Å². The van der Waals surface area contributed by atoms with Crippen molar-refractivity contribution in [3.8, 4) is 0 Å². The molecule has 0 heterocycles. The highest BCUT2D eigenvalue weighted by Crippen LogP contribution is 2.22. The molecule has 0 aliphatic rings. The van der Waals surface area contributed by atoms with Gasteiger partial charge in [-0.1, -0.05) is 41.5 Å². The average Bonchev–Trinajstić information content (AvgIpc) is 2.23. The number of rotatable bonds is 9. The van der Waals surface area contributed by atoms with E-state index >= 15 is 0 Å². The molecule has 1 unspecified atom stereocenters. The number of nitrogens with zero attached hydrogens (tertiary/aromatic N) is 1. The van der Waals surface area contributed by atoms with Gasteiger partial charge in [0.1, 0.15) is 0 Å². The summed E-state index contributed by atoms with van der Waals surface area (Å²) in [5, 5.41) is 3.64. The van der Waals surface area contributed by atoms with Crippen molar-refractivity contribution >= 4 is 0 Å². The maximum absolute atomic E-state index is 3.64. The highest BCUT2D eigenvalue weighted by atomic mass is 15.1. The van der Waals surface area contributed by atoms with Crippen LogP contribution in [0.1, 0.15) is 60.8 Å². The molecule has 0 saturated heterocycles. The van der Waals surface area contributed by atoms with Crippen LogP contribution in [0.2, 0.25) is 0 Å². The lowest BCUT2D eigenvalue weighted by molar-refractivity contribution is 0.205. The highest BCUT2D eigenvalue weighted by molar-refractivity contribution is 4.81. The van der Waals surface area contributed by atoms with Crippen LogP contribution in [0, 0.1) is 5.41 Å². The van der Waals surface area contributed by atoms with Crippen LogP contribution in [0.25, 0.3) is 0 Å². The molecule has 2 nitrogen and oxygen atoms in total. The van der Waals surface area contributed by atoms with Gasteiger partial charge in [0.15, 0.2) is 0 Å². The van der Waals surface area contributed by atoms with E-state index in [9.17, 15) is 0 Å². The number of hydrogen-bond donors (Lipinski definition) is 1. The van der Waals surface area contributed by atoms with Crippen molar-refractivity contribution in [1.82, 2.24) is 10.2 Å². The Morgan fingerprint density at radius 3 is 1.82 bits per heavy atom. The average molecular weight is 242 g/mol. The fourth-order valence-electron chi connectivity index (χ4n) is 2.37.